The summed E-state index contributed by atoms with van der Waals surface area (Å²) in [4.78, 5) is 12.8. The molecule has 0 atom stereocenters. The fourth-order valence-corrected chi connectivity index (χ4v) is 2.90. The number of hydrogen-bond donors (Lipinski definition) is 1. The molecule has 1 heterocycles. The van der Waals surface area contributed by atoms with Crippen molar-refractivity contribution in [1.29, 1.82) is 0 Å². The van der Waals surface area contributed by atoms with Gasteiger partial charge in [-0.2, -0.15) is 13.2 Å². The van der Waals surface area contributed by atoms with Crippen molar-refractivity contribution in [2.45, 2.75) is 19.5 Å². The Bertz CT molecular complexity index is 1010. The summed E-state index contributed by atoms with van der Waals surface area (Å²) in [5, 5.41) is 9.86. The summed E-state index contributed by atoms with van der Waals surface area (Å²) in [6.07, 6.45) is -4.43. The molecule has 0 aliphatic carbocycles. The van der Waals surface area contributed by atoms with Gasteiger partial charge in [-0.3, -0.25) is 4.79 Å². The number of phenols is 1. The second-order valence-corrected chi connectivity index (χ2v) is 6.39. The Hall–Kier alpha value is -2.28. The van der Waals surface area contributed by atoms with Gasteiger partial charge in [-0.15, -0.1) is 0 Å². The van der Waals surface area contributed by atoms with Crippen LogP contribution < -0.4 is 5.43 Å². The number of rotatable bonds is 2. The molecule has 0 spiro atoms. The Morgan fingerprint density at radius 3 is 2.36 bits per heavy atom. The first-order chi connectivity index (χ1) is 11.7. The van der Waals surface area contributed by atoms with Crippen LogP contribution >= 0.6 is 15.9 Å². The van der Waals surface area contributed by atoms with Crippen molar-refractivity contribution in [2.24, 2.45) is 0 Å². The van der Waals surface area contributed by atoms with Crippen LogP contribution in [-0.4, -0.2) is 5.11 Å². The number of aromatic hydroxyl groups is 1. The van der Waals surface area contributed by atoms with Crippen molar-refractivity contribution in [1.82, 2.24) is 0 Å². The Kier molecular flexibility index (Phi) is 4.36. The Labute approximate surface area is 148 Å². The number of fused-ring (bicyclic) bond motifs is 1. The molecular weight excluding hydrogens is 401 g/mol. The molecule has 0 fully saturated rings. The lowest BCUT2D eigenvalue weighted by atomic mass is 10.00. The molecule has 3 aromatic rings. The predicted molar refractivity (Wildman–Crippen MR) is 91.7 cm³/mol. The molecule has 0 radical (unpaired) electrons. The molecule has 0 aliphatic rings. The van der Waals surface area contributed by atoms with Gasteiger partial charge in [0.2, 0.25) is 11.2 Å². The lowest BCUT2D eigenvalue weighted by Gasteiger charge is -2.13. The maximum Gasteiger partial charge on any atom is 0.450 e. The molecule has 130 valence electrons. The largest absolute Gasteiger partial charge is 0.508 e. The molecule has 3 rings (SSSR count). The molecule has 0 saturated carbocycles. The van der Waals surface area contributed by atoms with Crippen molar-refractivity contribution in [3.63, 3.8) is 0 Å². The van der Waals surface area contributed by atoms with Gasteiger partial charge in [0.15, 0.2) is 0 Å². The maximum absolute atomic E-state index is 13.5. The SMILES string of the molecule is CCc1cc2c(=O)c(-c3ccc(Br)cc3)c(C(F)(F)F)oc2cc1O. The minimum Gasteiger partial charge on any atom is -0.508 e. The predicted octanol–water partition coefficient (Wildman–Crippen LogP) is 5.51. The standard InChI is InChI=1S/C18H12BrF3O3/c1-2-9-7-12-14(8-13(9)23)25-17(18(20,21)22)15(16(12)24)10-3-5-11(19)6-4-10/h3-8,23H,2H2,1H3. The van der Waals surface area contributed by atoms with Crippen LogP contribution in [0.2, 0.25) is 0 Å². The summed E-state index contributed by atoms with van der Waals surface area (Å²) >= 11 is 3.21. The highest BCUT2D eigenvalue weighted by Gasteiger charge is 2.39. The molecule has 1 N–H and O–H groups in total. The number of benzene rings is 2. The number of alkyl halides is 3. The van der Waals surface area contributed by atoms with Gasteiger partial charge < -0.3 is 9.52 Å². The first kappa shape index (κ1) is 17.5. The van der Waals surface area contributed by atoms with E-state index in [-0.39, 0.29) is 22.3 Å². The second-order valence-electron chi connectivity index (χ2n) is 5.47. The zero-order valence-electron chi connectivity index (χ0n) is 12.9. The van der Waals surface area contributed by atoms with Gasteiger partial charge in [-0.25, -0.2) is 0 Å². The van der Waals surface area contributed by atoms with E-state index in [1.165, 1.54) is 18.2 Å². The normalized spacial score (nSPS) is 11.9. The van der Waals surface area contributed by atoms with Crippen LogP contribution in [0.25, 0.3) is 22.1 Å². The summed E-state index contributed by atoms with van der Waals surface area (Å²) < 4.78 is 46.1. The monoisotopic (exact) mass is 412 g/mol. The molecule has 2 aromatic carbocycles. The van der Waals surface area contributed by atoms with E-state index in [1.54, 1.807) is 19.1 Å². The molecule has 0 unspecified atom stereocenters. The van der Waals surface area contributed by atoms with Crippen LogP contribution in [0.4, 0.5) is 13.2 Å². The minimum absolute atomic E-state index is 0.000527. The van der Waals surface area contributed by atoms with E-state index in [4.69, 9.17) is 4.42 Å². The van der Waals surface area contributed by atoms with Gasteiger partial charge in [0, 0.05) is 10.5 Å². The van der Waals surface area contributed by atoms with E-state index in [1.807, 2.05) is 0 Å². The minimum atomic E-state index is -4.85. The van der Waals surface area contributed by atoms with E-state index in [9.17, 15) is 23.1 Å². The molecular formula is C18H12BrF3O3. The van der Waals surface area contributed by atoms with E-state index in [2.05, 4.69) is 15.9 Å². The van der Waals surface area contributed by atoms with Crippen molar-refractivity contribution in [2.75, 3.05) is 0 Å². The van der Waals surface area contributed by atoms with Gasteiger partial charge in [0.1, 0.15) is 11.3 Å². The fraction of sp³-hybridized carbons (Fsp3) is 0.167. The molecule has 1 aromatic heterocycles. The topological polar surface area (TPSA) is 50.4 Å². The van der Waals surface area contributed by atoms with Crippen molar-refractivity contribution in [3.05, 3.63) is 62.4 Å². The molecule has 25 heavy (non-hydrogen) atoms. The summed E-state index contributed by atoms with van der Waals surface area (Å²) in [6.45, 7) is 1.77. The van der Waals surface area contributed by atoms with Gasteiger partial charge in [0.25, 0.3) is 0 Å². The third-order valence-corrected chi connectivity index (χ3v) is 4.39. The lowest BCUT2D eigenvalue weighted by Crippen LogP contribution is -2.16. The van der Waals surface area contributed by atoms with Gasteiger partial charge in [-0.05, 0) is 35.7 Å². The second kappa shape index (κ2) is 6.22. The zero-order valence-corrected chi connectivity index (χ0v) is 14.5. The van der Waals surface area contributed by atoms with Crippen molar-refractivity contribution < 1.29 is 22.7 Å². The quantitative estimate of drug-likeness (QED) is 0.603. The van der Waals surface area contributed by atoms with Crippen LogP contribution in [0.1, 0.15) is 18.2 Å². The van der Waals surface area contributed by atoms with Gasteiger partial charge in [0.05, 0.1) is 10.9 Å². The van der Waals surface area contributed by atoms with Crippen LogP contribution in [-0.2, 0) is 12.6 Å². The molecule has 0 amide bonds. The van der Waals surface area contributed by atoms with Crippen LogP contribution in [0.3, 0.4) is 0 Å². The summed E-state index contributed by atoms with van der Waals surface area (Å²) in [5.74, 6) is -1.58. The third kappa shape index (κ3) is 3.16. The molecule has 3 nitrogen and oxygen atoms in total. The van der Waals surface area contributed by atoms with Crippen LogP contribution in [0.5, 0.6) is 5.75 Å². The molecule has 0 aliphatic heterocycles. The Morgan fingerprint density at radius 1 is 1.16 bits per heavy atom. The Balaban J connectivity index is 2.44. The first-order valence-corrected chi connectivity index (χ1v) is 8.17. The maximum atomic E-state index is 13.5. The number of aryl methyl sites for hydroxylation is 1. The highest BCUT2D eigenvalue weighted by molar-refractivity contribution is 9.10. The first-order valence-electron chi connectivity index (χ1n) is 7.38. The fourth-order valence-electron chi connectivity index (χ4n) is 2.64. The summed E-state index contributed by atoms with van der Waals surface area (Å²) in [7, 11) is 0. The summed E-state index contributed by atoms with van der Waals surface area (Å²) in [6, 6.07) is 8.35. The van der Waals surface area contributed by atoms with Gasteiger partial charge >= 0.3 is 6.18 Å². The smallest absolute Gasteiger partial charge is 0.450 e. The number of halogens is 4. The van der Waals surface area contributed by atoms with Gasteiger partial charge in [-0.1, -0.05) is 35.0 Å². The lowest BCUT2D eigenvalue weighted by molar-refractivity contribution is -0.152. The number of hydrogen-bond acceptors (Lipinski definition) is 3. The van der Waals surface area contributed by atoms with Crippen LogP contribution in [0.15, 0.2) is 50.1 Å². The zero-order chi connectivity index (χ0) is 18.4. The van der Waals surface area contributed by atoms with Crippen LogP contribution in [0, 0.1) is 0 Å². The molecule has 0 bridgehead atoms. The van der Waals surface area contributed by atoms with E-state index >= 15 is 0 Å². The van der Waals surface area contributed by atoms with E-state index in [0.29, 0.717) is 16.5 Å². The molecule has 7 heteroatoms. The average molecular weight is 413 g/mol. The third-order valence-electron chi connectivity index (χ3n) is 3.86. The highest BCUT2D eigenvalue weighted by atomic mass is 79.9. The average Bonchev–Trinajstić information content (AvgIpc) is 2.54. The van der Waals surface area contributed by atoms with Crippen molar-refractivity contribution >= 4 is 26.9 Å². The van der Waals surface area contributed by atoms with Crippen molar-refractivity contribution in [3.8, 4) is 16.9 Å². The highest BCUT2D eigenvalue weighted by Crippen LogP contribution is 2.38. The van der Waals surface area contributed by atoms with E-state index < -0.39 is 22.9 Å². The molecule has 0 saturated heterocycles. The number of phenolic OH excluding ortho intramolecular Hbond substituents is 1. The van der Waals surface area contributed by atoms with E-state index in [0.717, 1.165) is 6.07 Å². The Morgan fingerprint density at radius 2 is 1.80 bits per heavy atom. The summed E-state index contributed by atoms with van der Waals surface area (Å²) in [5.41, 5.74) is -1.06.